The highest BCUT2D eigenvalue weighted by Crippen LogP contribution is 2.41. The number of carbonyl (C=O) groups excluding carboxylic acids is 2. The number of nitrogens with zero attached hydrogens (tertiary/aromatic N) is 4. The molecule has 6 aromatic rings. The van der Waals surface area contributed by atoms with Gasteiger partial charge in [0.15, 0.2) is 34.1 Å². The molecular weight excluding hydrogens is 664 g/mol. The number of fused-ring (bicyclic) bond motifs is 2. The normalized spacial score (nSPS) is 10.6. The van der Waals surface area contributed by atoms with Gasteiger partial charge in [0.05, 0.1) is 9.85 Å². The van der Waals surface area contributed by atoms with Crippen LogP contribution in [0.1, 0.15) is 13.8 Å². The number of aromatic hydroxyl groups is 2. The number of rotatable bonds is 6. The van der Waals surface area contributed by atoms with Crippen molar-refractivity contribution in [1.29, 1.82) is 0 Å². The Bertz CT molecular complexity index is 2490. The maximum Gasteiger partial charge on any atom is 0.363 e. The molecule has 0 aliphatic carbocycles. The van der Waals surface area contributed by atoms with Crippen molar-refractivity contribution in [2.24, 2.45) is 0 Å². The van der Waals surface area contributed by atoms with Gasteiger partial charge in [0.1, 0.15) is 11.0 Å². The Morgan fingerprint density at radius 3 is 1.64 bits per heavy atom. The third kappa shape index (κ3) is 7.08. The fourth-order valence-corrected chi connectivity index (χ4v) is 4.48. The Balaban J connectivity index is 0.000000200. The number of aromatic nitrogens is 2. The van der Waals surface area contributed by atoms with Crippen LogP contribution in [-0.4, -0.2) is 42.0 Å². The molecule has 0 unspecified atom stereocenters. The first-order chi connectivity index (χ1) is 23.7. The largest absolute Gasteiger partial charge is 0.504 e. The predicted octanol–water partition coefficient (Wildman–Crippen LogP) is 4.79. The lowest BCUT2D eigenvalue weighted by Gasteiger charge is -2.11. The summed E-state index contributed by atoms with van der Waals surface area (Å²) in [6.07, 6.45) is 0. The van der Waals surface area contributed by atoms with Crippen LogP contribution < -0.4 is 20.7 Å². The smallest absolute Gasteiger partial charge is 0.363 e. The van der Waals surface area contributed by atoms with E-state index in [0.717, 1.165) is 38.1 Å². The molecule has 0 fully saturated rings. The molecular formula is C32H20N4O14. The summed E-state index contributed by atoms with van der Waals surface area (Å²) < 4.78 is 20.1. The lowest BCUT2D eigenvalue weighted by atomic mass is 10.1. The molecule has 0 saturated carbocycles. The molecule has 2 N–H and O–H groups in total. The first-order valence-corrected chi connectivity index (χ1v) is 13.9. The summed E-state index contributed by atoms with van der Waals surface area (Å²) in [5.41, 5.74) is -2.33. The molecule has 4 aromatic carbocycles. The first kappa shape index (κ1) is 33.9. The van der Waals surface area contributed by atoms with Gasteiger partial charge in [-0.05, 0) is 36.4 Å². The number of nitro groups is 2. The zero-order valence-corrected chi connectivity index (χ0v) is 25.5. The van der Waals surface area contributed by atoms with E-state index in [0.29, 0.717) is 11.0 Å². The number of benzene rings is 4. The average molecular weight is 685 g/mol. The quantitative estimate of drug-likeness (QED) is 0.0785. The number of ether oxygens (including phenoxy) is 2. The summed E-state index contributed by atoms with van der Waals surface area (Å²) in [6, 6.07) is 17.1. The second kappa shape index (κ2) is 13.7. The van der Waals surface area contributed by atoms with Gasteiger partial charge < -0.3 is 28.5 Å². The fraction of sp³-hybridized carbons (Fsp3) is 0.0625. The van der Waals surface area contributed by atoms with Gasteiger partial charge in [-0.3, -0.25) is 29.8 Å². The monoisotopic (exact) mass is 684 g/mol. The molecule has 50 heavy (non-hydrogen) atoms. The number of esters is 2. The molecule has 18 heteroatoms. The molecule has 252 valence electrons. The summed E-state index contributed by atoms with van der Waals surface area (Å²) in [6.45, 7) is 2.10. The van der Waals surface area contributed by atoms with E-state index in [1.165, 1.54) is 0 Å². The van der Waals surface area contributed by atoms with Gasteiger partial charge in [0, 0.05) is 37.1 Å². The van der Waals surface area contributed by atoms with Crippen LogP contribution in [0.25, 0.3) is 44.7 Å². The minimum absolute atomic E-state index is 0.0264. The Morgan fingerprint density at radius 2 is 1.16 bits per heavy atom. The maximum absolute atomic E-state index is 12.3. The van der Waals surface area contributed by atoms with E-state index in [1.807, 2.05) is 0 Å². The summed E-state index contributed by atoms with van der Waals surface area (Å²) >= 11 is 0. The number of para-hydroxylation sites is 4. The highest BCUT2D eigenvalue weighted by Gasteiger charge is 2.27. The molecule has 0 spiro atoms. The van der Waals surface area contributed by atoms with Crippen molar-refractivity contribution < 1.29 is 48.0 Å². The van der Waals surface area contributed by atoms with Gasteiger partial charge in [-0.15, -0.1) is 0 Å². The number of carbonyl (C=O) groups is 2. The van der Waals surface area contributed by atoms with Crippen LogP contribution in [0.4, 0.5) is 11.4 Å². The van der Waals surface area contributed by atoms with E-state index >= 15 is 0 Å². The molecule has 0 radical (unpaired) electrons. The van der Waals surface area contributed by atoms with Crippen molar-refractivity contribution >= 4 is 45.5 Å². The fourth-order valence-electron chi connectivity index (χ4n) is 4.48. The van der Waals surface area contributed by atoms with Crippen LogP contribution in [0, 0.1) is 20.2 Å². The lowest BCUT2D eigenvalue weighted by Crippen LogP contribution is -2.11. The van der Waals surface area contributed by atoms with Gasteiger partial charge in [0.2, 0.25) is 5.75 Å². The molecule has 0 aliphatic heterocycles. The van der Waals surface area contributed by atoms with Crippen molar-refractivity contribution in [2.45, 2.75) is 13.8 Å². The lowest BCUT2D eigenvalue weighted by molar-refractivity contribution is -0.386. The second-order valence-electron chi connectivity index (χ2n) is 10.0. The SMILES string of the molecule is CC(=O)Oc1cc(-c2nc3ccccc3oc2=O)cc([N+](=O)[O-])c1OC(C)=O.O=c1oc2ccccc2nc1-c1cc(O)c(O)c([N+](=O)[O-])c1. The van der Waals surface area contributed by atoms with E-state index in [2.05, 4.69) is 9.97 Å². The van der Waals surface area contributed by atoms with Crippen LogP contribution in [0.2, 0.25) is 0 Å². The van der Waals surface area contributed by atoms with E-state index in [-0.39, 0.29) is 33.7 Å². The van der Waals surface area contributed by atoms with Crippen LogP contribution in [-0.2, 0) is 9.59 Å². The highest BCUT2D eigenvalue weighted by atomic mass is 16.6. The van der Waals surface area contributed by atoms with Crippen LogP contribution in [0.15, 0.2) is 91.2 Å². The third-order valence-corrected chi connectivity index (χ3v) is 6.53. The standard InChI is InChI=1S/C18H12N2O8.C14H8N2O6/c1-9(21)26-15-8-11(7-13(20(24)25)17(15)27-10(2)22)16-18(23)28-14-6-4-3-5-12(14)19-16;17-10-6-7(5-9(13(10)18)16(20)21)12-14(19)22-11-4-2-1-3-8(11)15-12/h3-8H,1-2H3;1-6,17-18H. The van der Waals surface area contributed by atoms with Gasteiger partial charge >= 0.3 is 34.6 Å². The topological polar surface area (TPSA) is 266 Å². The van der Waals surface area contributed by atoms with E-state index in [1.54, 1.807) is 48.5 Å². The summed E-state index contributed by atoms with van der Waals surface area (Å²) in [7, 11) is 0. The molecule has 0 saturated heterocycles. The molecule has 6 rings (SSSR count). The highest BCUT2D eigenvalue weighted by molar-refractivity contribution is 5.81. The predicted molar refractivity (Wildman–Crippen MR) is 171 cm³/mol. The molecule has 0 aliphatic rings. The minimum Gasteiger partial charge on any atom is -0.504 e. The van der Waals surface area contributed by atoms with Crippen molar-refractivity contribution in [3.05, 3.63) is 114 Å². The van der Waals surface area contributed by atoms with Crippen molar-refractivity contribution in [3.8, 4) is 45.5 Å². The second-order valence-corrected chi connectivity index (χ2v) is 10.0. The number of phenols is 2. The van der Waals surface area contributed by atoms with E-state index in [4.69, 9.17) is 18.3 Å². The number of phenolic OH excluding ortho intramolecular Hbond substituents is 2. The summed E-state index contributed by atoms with van der Waals surface area (Å²) in [5.74, 6) is -4.22. The first-order valence-electron chi connectivity index (χ1n) is 13.9. The molecule has 2 heterocycles. The summed E-state index contributed by atoms with van der Waals surface area (Å²) in [4.78, 5) is 75.9. The third-order valence-electron chi connectivity index (χ3n) is 6.53. The Kier molecular flexibility index (Phi) is 9.27. The van der Waals surface area contributed by atoms with Crippen LogP contribution >= 0.6 is 0 Å². The number of nitro benzene ring substituents is 2. The average Bonchev–Trinajstić information content (AvgIpc) is 3.05. The van der Waals surface area contributed by atoms with Crippen LogP contribution in [0.3, 0.4) is 0 Å². The molecule has 0 amide bonds. The Hall–Kier alpha value is -7.50. The van der Waals surface area contributed by atoms with Crippen molar-refractivity contribution in [3.63, 3.8) is 0 Å². The van der Waals surface area contributed by atoms with Gasteiger partial charge in [-0.2, -0.15) is 0 Å². The summed E-state index contributed by atoms with van der Waals surface area (Å²) in [5, 5.41) is 41.4. The Labute approximate surface area is 276 Å². The van der Waals surface area contributed by atoms with E-state index in [9.17, 15) is 49.6 Å². The van der Waals surface area contributed by atoms with Crippen molar-refractivity contribution in [1.82, 2.24) is 9.97 Å². The molecule has 18 nitrogen and oxygen atoms in total. The molecule has 0 bridgehead atoms. The van der Waals surface area contributed by atoms with Crippen molar-refractivity contribution in [2.75, 3.05) is 0 Å². The zero-order chi connectivity index (χ0) is 36.3. The van der Waals surface area contributed by atoms with E-state index < -0.39 is 67.4 Å². The zero-order valence-electron chi connectivity index (χ0n) is 25.5. The number of hydrogen-bond donors (Lipinski definition) is 2. The van der Waals surface area contributed by atoms with Gasteiger partial charge in [-0.1, -0.05) is 24.3 Å². The van der Waals surface area contributed by atoms with Gasteiger partial charge in [-0.25, -0.2) is 19.6 Å². The minimum atomic E-state index is -0.876. The maximum atomic E-state index is 12.3. The van der Waals surface area contributed by atoms with Gasteiger partial charge in [0.25, 0.3) is 5.75 Å². The molecule has 0 atom stereocenters. The van der Waals surface area contributed by atoms with Crippen LogP contribution in [0.5, 0.6) is 23.0 Å². The number of hydrogen-bond acceptors (Lipinski definition) is 16. The Morgan fingerprint density at radius 1 is 0.700 bits per heavy atom. The molecule has 2 aromatic heterocycles.